The third kappa shape index (κ3) is 2.81. The summed E-state index contributed by atoms with van der Waals surface area (Å²) in [6, 6.07) is 5.24. The summed E-state index contributed by atoms with van der Waals surface area (Å²) in [6.45, 7) is 5.61. The van der Waals surface area contributed by atoms with Crippen molar-refractivity contribution in [1.82, 2.24) is 0 Å². The Morgan fingerprint density at radius 2 is 2.30 bits per heavy atom. The molecular formula is C15H22N2O3. The van der Waals surface area contributed by atoms with Crippen LogP contribution < -0.4 is 15.4 Å². The van der Waals surface area contributed by atoms with Crippen molar-refractivity contribution in [2.45, 2.75) is 32.7 Å². The highest BCUT2D eigenvalue weighted by molar-refractivity contribution is 5.85. The lowest BCUT2D eigenvalue weighted by molar-refractivity contribution is -0.145. The number of hydrogen-bond donors (Lipinski definition) is 1. The van der Waals surface area contributed by atoms with Crippen LogP contribution in [0.1, 0.15) is 26.7 Å². The SMILES string of the molecule is CCCOC(=O)C(CC)N1CCOc2cccc(N)c21. The molecule has 0 radical (unpaired) electrons. The van der Waals surface area contributed by atoms with E-state index in [2.05, 4.69) is 0 Å². The highest BCUT2D eigenvalue weighted by Gasteiger charge is 2.31. The van der Waals surface area contributed by atoms with Gasteiger partial charge < -0.3 is 20.1 Å². The molecule has 5 nitrogen and oxygen atoms in total. The van der Waals surface area contributed by atoms with E-state index in [1.54, 1.807) is 0 Å². The predicted molar refractivity (Wildman–Crippen MR) is 79.0 cm³/mol. The molecule has 1 aliphatic rings. The fraction of sp³-hybridized carbons (Fsp3) is 0.533. The summed E-state index contributed by atoms with van der Waals surface area (Å²) in [5.41, 5.74) is 7.48. The van der Waals surface area contributed by atoms with Crippen molar-refractivity contribution in [3.05, 3.63) is 18.2 Å². The number of nitrogens with two attached hydrogens (primary N) is 1. The summed E-state index contributed by atoms with van der Waals surface area (Å²) in [7, 11) is 0. The number of hydrogen-bond acceptors (Lipinski definition) is 5. The highest BCUT2D eigenvalue weighted by Crippen LogP contribution is 2.38. The molecule has 0 aliphatic carbocycles. The molecule has 0 saturated heterocycles. The van der Waals surface area contributed by atoms with Gasteiger partial charge >= 0.3 is 5.97 Å². The number of para-hydroxylation sites is 1. The van der Waals surface area contributed by atoms with Gasteiger partial charge in [0.25, 0.3) is 0 Å². The molecule has 0 fully saturated rings. The van der Waals surface area contributed by atoms with Crippen LogP contribution in [0.5, 0.6) is 5.75 Å². The van der Waals surface area contributed by atoms with E-state index >= 15 is 0 Å². The first-order valence-corrected chi connectivity index (χ1v) is 7.13. The lowest BCUT2D eigenvalue weighted by Crippen LogP contribution is -2.46. The summed E-state index contributed by atoms with van der Waals surface area (Å²) in [5.74, 6) is 0.545. The van der Waals surface area contributed by atoms with Gasteiger partial charge in [0.15, 0.2) is 0 Å². The molecule has 1 atom stereocenters. The van der Waals surface area contributed by atoms with Gasteiger partial charge in [-0.05, 0) is 25.0 Å². The molecule has 0 aromatic heterocycles. The van der Waals surface area contributed by atoms with E-state index in [0.717, 1.165) is 17.9 Å². The minimum atomic E-state index is -0.311. The summed E-state index contributed by atoms with van der Waals surface area (Å²) in [4.78, 5) is 14.2. The van der Waals surface area contributed by atoms with Gasteiger partial charge in [-0.3, -0.25) is 0 Å². The number of benzene rings is 1. The van der Waals surface area contributed by atoms with Crippen LogP contribution in [0.25, 0.3) is 0 Å². The maximum atomic E-state index is 12.2. The first-order chi connectivity index (χ1) is 9.69. The van der Waals surface area contributed by atoms with Crippen molar-refractivity contribution in [2.24, 2.45) is 0 Å². The van der Waals surface area contributed by atoms with Crippen LogP contribution in [0, 0.1) is 0 Å². The Bertz CT molecular complexity index is 476. The molecule has 2 N–H and O–H groups in total. The van der Waals surface area contributed by atoms with Gasteiger partial charge in [0, 0.05) is 0 Å². The van der Waals surface area contributed by atoms with Crippen molar-refractivity contribution in [2.75, 3.05) is 30.4 Å². The molecular weight excluding hydrogens is 256 g/mol. The van der Waals surface area contributed by atoms with E-state index in [1.165, 1.54) is 0 Å². The Morgan fingerprint density at radius 3 is 3.00 bits per heavy atom. The van der Waals surface area contributed by atoms with E-state index in [4.69, 9.17) is 15.2 Å². The maximum Gasteiger partial charge on any atom is 0.328 e. The summed E-state index contributed by atoms with van der Waals surface area (Å²) in [5, 5.41) is 0. The molecule has 2 rings (SSSR count). The second-order valence-electron chi connectivity index (χ2n) is 4.83. The monoisotopic (exact) mass is 278 g/mol. The number of carbonyl (C=O) groups is 1. The topological polar surface area (TPSA) is 64.8 Å². The van der Waals surface area contributed by atoms with Crippen molar-refractivity contribution in [1.29, 1.82) is 0 Å². The third-order valence-corrected chi connectivity index (χ3v) is 3.39. The van der Waals surface area contributed by atoms with Crippen molar-refractivity contribution >= 4 is 17.3 Å². The molecule has 5 heteroatoms. The number of ether oxygens (including phenoxy) is 2. The quantitative estimate of drug-likeness (QED) is 0.660. The number of nitrogens with zero attached hydrogens (tertiary/aromatic N) is 1. The molecule has 0 saturated carbocycles. The Hall–Kier alpha value is -1.91. The predicted octanol–water partition coefficient (Wildman–Crippen LogP) is 2.20. The Labute approximate surface area is 119 Å². The van der Waals surface area contributed by atoms with Crippen LogP contribution in [0.2, 0.25) is 0 Å². The molecule has 0 spiro atoms. The standard InChI is InChI=1S/C15H22N2O3/c1-3-9-20-15(18)12(4-2)17-8-10-19-13-7-5-6-11(16)14(13)17/h5-7,12H,3-4,8-10,16H2,1-2H3. The highest BCUT2D eigenvalue weighted by atomic mass is 16.5. The zero-order valence-corrected chi connectivity index (χ0v) is 12.1. The van der Waals surface area contributed by atoms with Crippen molar-refractivity contribution in [3.8, 4) is 5.75 Å². The average molecular weight is 278 g/mol. The molecule has 0 bridgehead atoms. The molecule has 20 heavy (non-hydrogen) atoms. The van der Waals surface area contributed by atoms with Gasteiger partial charge in [-0.25, -0.2) is 4.79 Å². The van der Waals surface area contributed by atoms with E-state index < -0.39 is 0 Å². The van der Waals surface area contributed by atoms with Gasteiger partial charge in [-0.1, -0.05) is 19.9 Å². The van der Waals surface area contributed by atoms with E-state index in [1.807, 2.05) is 36.9 Å². The van der Waals surface area contributed by atoms with Gasteiger partial charge in [-0.15, -0.1) is 0 Å². The largest absolute Gasteiger partial charge is 0.489 e. The molecule has 1 aliphatic heterocycles. The Kier molecular flexibility index (Phi) is 4.71. The van der Waals surface area contributed by atoms with Crippen LogP contribution >= 0.6 is 0 Å². The number of anilines is 2. The smallest absolute Gasteiger partial charge is 0.328 e. The first kappa shape index (κ1) is 14.5. The summed E-state index contributed by atoms with van der Waals surface area (Å²) >= 11 is 0. The average Bonchev–Trinajstić information content (AvgIpc) is 2.46. The Morgan fingerprint density at radius 1 is 1.50 bits per heavy atom. The molecule has 110 valence electrons. The van der Waals surface area contributed by atoms with Gasteiger partial charge in [-0.2, -0.15) is 0 Å². The number of rotatable bonds is 5. The second-order valence-corrected chi connectivity index (χ2v) is 4.83. The van der Waals surface area contributed by atoms with E-state index in [0.29, 0.717) is 31.9 Å². The summed E-state index contributed by atoms with van der Waals surface area (Å²) in [6.07, 6.45) is 1.50. The van der Waals surface area contributed by atoms with Crippen LogP contribution in [-0.4, -0.2) is 31.8 Å². The number of nitrogen functional groups attached to an aromatic ring is 1. The number of esters is 1. The van der Waals surface area contributed by atoms with E-state index in [-0.39, 0.29) is 12.0 Å². The zero-order valence-electron chi connectivity index (χ0n) is 12.1. The first-order valence-electron chi connectivity index (χ1n) is 7.13. The number of fused-ring (bicyclic) bond motifs is 1. The van der Waals surface area contributed by atoms with Gasteiger partial charge in [0.05, 0.1) is 18.8 Å². The molecule has 0 amide bonds. The van der Waals surface area contributed by atoms with E-state index in [9.17, 15) is 4.79 Å². The fourth-order valence-corrected chi connectivity index (χ4v) is 2.45. The third-order valence-electron chi connectivity index (χ3n) is 3.39. The van der Waals surface area contributed by atoms with Crippen LogP contribution in [-0.2, 0) is 9.53 Å². The Balaban J connectivity index is 2.26. The zero-order chi connectivity index (χ0) is 14.5. The minimum absolute atomic E-state index is 0.189. The normalized spacial score (nSPS) is 15.2. The lowest BCUT2D eigenvalue weighted by Gasteiger charge is -2.36. The molecule has 1 aromatic carbocycles. The lowest BCUT2D eigenvalue weighted by atomic mass is 10.1. The molecule has 1 unspecified atom stereocenters. The van der Waals surface area contributed by atoms with Gasteiger partial charge in [0.1, 0.15) is 24.1 Å². The summed E-state index contributed by atoms with van der Waals surface area (Å²) < 4.78 is 10.9. The minimum Gasteiger partial charge on any atom is -0.489 e. The van der Waals surface area contributed by atoms with Gasteiger partial charge in [0.2, 0.25) is 0 Å². The van der Waals surface area contributed by atoms with Crippen molar-refractivity contribution < 1.29 is 14.3 Å². The molecule has 1 heterocycles. The number of carbonyl (C=O) groups excluding carboxylic acids is 1. The van der Waals surface area contributed by atoms with Crippen LogP contribution in [0.4, 0.5) is 11.4 Å². The second kappa shape index (κ2) is 6.50. The molecule has 1 aromatic rings. The van der Waals surface area contributed by atoms with Crippen LogP contribution in [0.15, 0.2) is 18.2 Å². The van der Waals surface area contributed by atoms with Crippen molar-refractivity contribution in [3.63, 3.8) is 0 Å². The fourth-order valence-electron chi connectivity index (χ4n) is 2.45. The van der Waals surface area contributed by atoms with Crippen LogP contribution in [0.3, 0.4) is 0 Å². The maximum absolute atomic E-state index is 12.2.